The van der Waals surface area contributed by atoms with E-state index < -0.39 is 0 Å². The Hall–Kier alpha value is -0.540. The molecule has 80 valence electrons. The van der Waals surface area contributed by atoms with Crippen molar-refractivity contribution in [1.82, 2.24) is 0 Å². The highest BCUT2D eigenvalue weighted by Gasteiger charge is 2.43. The average molecular weight is 268 g/mol. The first-order chi connectivity index (χ1) is 7.12. The van der Waals surface area contributed by atoms with Gasteiger partial charge in [0.25, 0.3) is 0 Å². The highest BCUT2D eigenvalue weighted by molar-refractivity contribution is 9.10. The molecule has 2 aliphatic rings. The molecule has 1 saturated carbocycles. The van der Waals surface area contributed by atoms with Gasteiger partial charge in [-0.15, -0.1) is 0 Å². The Balaban J connectivity index is 2.20. The number of hydrogen-bond donors (Lipinski definition) is 2. The van der Waals surface area contributed by atoms with Crippen molar-refractivity contribution >= 4 is 15.9 Å². The molecular weight excluding hydrogens is 254 g/mol. The third-order valence-electron chi connectivity index (χ3n) is 3.63. The molecule has 0 spiro atoms. The number of hydrogen-bond acceptors (Lipinski definition) is 2. The lowest BCUT2D eigenvalue weighted by Gasteiger charge is -2.15. The number of aromatic hydroxyl groups is 1. The van der Waals surface area contributed by atoms with Crippen molar-refractivity contribution in [2.75, 3.05) is 0 Å². The fourth-order valence-corrected chi connectivity index (χ4v) is 3.13. The number of phenols is 1. The predicted molar refractivity (Wildman–Crippen MR) is 62.9 cm³/mol. The largest absolute Gasteiger partial charge is 0.506 e. The first-order valence-corrected chi connectivity index (χ1v) is 6.24. The van der Waals surface area contributed by atoms with Crippen LogP contribution in [-0.4, -0.2) is 5.11 Å². The Labute approximate surface area is 97.6 Å². The number of phenolic OH excluding ortho intramolecular Hbond substituents is 1. The molecule has 15 heavy (non-hydrogen) atoms. The molecule has 0 bridgehead atoms. The van der Waals surface area contributed by atoms with Crippen LogP contribution >= 0.6 is 15.9 Å². The van der Waals surface area contributed by atoms with Gasteiger partial charge in [-0.3, -0.25) is 0 Å². The van der Waals surface area contributed by atoms with E-state index in [4.69, 9.17) is 5.73 Å². The third kappa shape index (κ3) is 1.33. The van der Waals surface area contributed by atoms with Crippen molar-refractivity contribution in [2.45, 2.75) is 37.6 Å². The number of aryl methyl sites for hydroxylation is 1. The standard InChI is InChI=1S/C12H14BrNO/c13-10-8-3-1-2-7(8)6-9(11(10)15)12(14)4-5-12/h6,15H,1-5,14H2. The zero-order valence-corrected chi connectivity index (χ0v) is 10.1. The minimum atomic E-state index is -0.246. The summed E-state index contributed by atoms with van der Waals surface area (Å²) in [6.07, 6.45) is 5.37. The summed E-state index contributed by atoms with van der Waals surface area (Å²) in [4.78, 5) is 0. The van der Waals surface area contributed by atoms with Gasteiger partial charge in [-0.2, -0.15) is 0 Å². The highest BCUT2D eigenvalue weighted by atomic mass is 79.9. The smallest absolute Gasteiger partial charge is 0.135 e. The Morgan fingerprint density at radius 3 is 2.73 bits per heavy atom. The van der Waals surface area contributed by atoms with Crippen LogP contribution in [0.2, 0.25) is 0 Å². The Morgan fingerprint density at radius 2 is 2.07 bits per heavy atom. The Bertz CT molecular complexity index is 438. The van der Waals surface area contributed by atoms with Crippen LogP contribution in [0.25, 0.3) is 0 Å². The van der Waals surface area contributed by atoms with Gasteiger partial charge >= 0.3 is 0 Å². The number of fused-ring (bicyclic) bond motifs is 1. The second-order valence-electron chi connectivity index (χ2n) is 4.73. The van der Waals surface area contributed by atoms with Crippen LogP contribution in [0.5, 0.6) is 5.75 Å². The average Bonchev–Trinajstić information content (AvgIpc) is 2.80. The van der Waals surface area contributed by atoms with Gasteiger partial charge in [0.2, 0.25) is 0 Å². The topological polar surface area (TPSA) is 46.2 Å². The fourth-order valence-electron chi connectivity index (χ4n) is 2.46. The van der Waals surface area contributed by atoms with Crippen molar-refractivity contribution in [2.24, 2.45) is 5.73 Å². The maximum Gasteiger partial charge on any atom is 0.135 e. The first-order valence-electron chi connectivity index (χ1n) is 5.44. The normalized spacial score (nSPS) is 21.5. The SMILES string of the molecule is NC1(c2cc3c(c(Br)c2O)CCC3)CC1. The second-order valence-corrected chi connectivity index (χ2v) is 5.53. The molecule has 1 aromatic carbocycles. The number of benzene rings is 1. The van der Waals surface area contributed by atoms with Gasteiger partial charge in [0, 0.05) is 11.1 Å². The Morgan fingerprint density at radius 1 is 1.33 bits per heavy atom. The number of nitrogens with two attached hydrogens (primary N) is 1. The highest BCUT2D eigenvalue weighted by Crippen LogP contribution is 2.50. The van der Waals surface area contributed by atoms with Crippen LogP contribution in [0.3, 0.4) is 0 Å². The zero-order valence-electron chi connectivity index (χ0n) is 8.52. The molecule has 2 aliphatic carbocycles. The maximum absolute atomic E-state index is 10.1. The monoisotopic (exact) mass is 267 g/mol. The van der Waals surface area contributed by atoms with Crippen LogP contribution in [0.15, 0.2) is 10.5 Å². The summed E-state index contributed by atoms with van der Waals surface area (Å²) in [6.45, 7) is 0. The first kappa shape index (κ1) is 9.67. The summed E-state index contributed by atoms with van der Waals surface area (Å²) in [5.74, 6) is 0.371. The number of rotatable bonds is 1. The molecule has 0 aliphatic heterocycles. The van der Waals surface area contributed by atoms with Crippen LogP contribution in [-0.2, 0) is 18.4 Å². The van der Waals surface area contributed by atoms with E-state index in [1.54, 1.807) is 0 Å². The molecule has 0 heterocycles. The van der Waals surface area contributed by atoms with E-state index in [2.05, 4.69) is 22.0 Å². The molecule has 1 aromatic rings. The quantitative estimate of drug-likeness (QED) is 0.822. The van der Waals surface area contributed by atoms with Crippen LogP contribution < -0.4 is 5.73 Å². The molecule has 0 amide bonds. The minimum absolute atomic E-state index is 0.246. The van der Waals surface area contributed by atoms with Crippen molar-refractivity contribution in [1.29, 1.82) is 0 Å². The summed E-state index contributed by atoms with van der Waals surface area (Å²) < 4.78 is 0.879. The molecule has 0 atom stereocenters. The molecule has 3 N–H and O–H groups in total. The van der Waals surface area contributed by atoms with Crippen molar-refractivity contribution in [3.63, 3.8) is 0 Å². The van der Waals surface area contributed by atoms with Crippen molar-refractivity contribution < 1.29 is 5.11 Å². The number of halogens is 1. The van der Waals surface area contributed by atoms with Crippen molar-refractivity contribution in [3.8, 4) is 5.75 Å². The minimum Gasteiger partial charge on any atom is -0.506 e. The molecule has 1 fully saturated rings. The molecule has 3 heteroatoms. The molecule has 2 nitrogen and oxygen atoms in total. The van der Waals surface area contributed by atoms with Gasteiger partial charge in [-0.05, 0) is 65.2 Å². The van der Waals surface area contributed by atoms with Gasteiger partial charge in [0.05, 0.1) is 4.47 Å². The Kier molecular flexibility index (Phi) is 1.92. The second kappa shape index (κ2) is 2.98. The molecule has 0 aromatic heterocycles. The fraction of sp³-hybridized carbons (Fsp3) is 0.500. The van der Waals surface area contributed by atoms with E-state index in [0.717, 1.165) is 35.7 Å². The summed E-state index contributed by atoms with van der Waals surface area (Å²) in [5.41, 5.74) is 9.49. The summed E-state index contributed by atoms with van der Waals surface area (Å²) in [7, 11) is 0. The van der Waals surface area contributed by atoms with Gasteiger partial charge in [0.1, 0.15) is 5.75 Å². The predicted octanol–water partition coefficient (Wildman–Crippen LogP) is 2.59. The zero-order chi connectivity index (χ0) is 10.6. The lowest BCUT2D eigenvalue weighted by molar-refractivity contribution is 0.455. The van der Waals surface area contributed by atoms with E-state index in [0.29, 0.717) is 5.75 Å². The molecule has 0 radical (unpaired) electrons. The van der Waals surface area contributed by atoms with Gasteiger partial charge in [0.15, 0.2) is 0 Å². The molecule has 0 unspecified atom stereocenters. The molecular formula is C12H14BrNO. The van der Waals surface area contributed by atoms with Gasteiger partial charge in [-0.25, -0.2) is 0 Å². The van der Waals surface area contributed by atoms with E-state index >= 15 is 0 Å². The molecule has 0 saturated heterocycles. The summed E-state index contributed by atoms with van der Waals surface area (Å²) in [6, 6.07) is 2.12. The van der Waals surface area contributed by atoms with Crippen LogP contribution in [0.1, 0.15) is 36.0 Å². The van der Waals surface area contributed by atoms with Gasteiger partial charge < -0.3 is 10.8 Å². The van der Waals surface area contributed by atoms with E-state index in [-0.39, 0.29) is 5.54 Å². The lowest BCUT2D eigenvalue weighted by atomic mass is 9.99. The van der Waals surface area contributed by atoms with Crippen LogP contribution in [0.4, 0.5) is 0 Å². The maximum atomic E-state index is 10.1. The molecule has 3 rings (SSSR count). The summed E-state index contributed by atoms with van der Waals surface area (Å²) in [5, 5.41) is 10.1. The summed E-state index contributed by atoms with van der Waals surface area (Å²) >= 11 is 3.50. The third-order valence-corrected chi connectivity index (χ3v) is 4.49. The van der Waals surface area contributed by atoms with Crippen molar-refractivity contribution in [3.05, 3.63) is 27.2 Å². The van der Waals surface area contributed by atoms with E-state index in [1.165, 1.54) is 17.5 Å². The van der Waals surface area contributed by atoms with E-state index in [9.17, 15) is 5.11 Å². The van der Waals surface area contributed by atoms with Crippen LogP contribution in [0, 0.1) is 0 Å². The lowest BCUT2D eigenvalue weighted by Crippen LogP contribution is -2.19. The van der Waals surface area contributed by atoms with Gasteiger partial charge in [-0.1, -0.05) is 0 Å². The van der Waals surface area contributed by atoms with E-state index in [1.807, 2.05) is 0 Å².